The zero-order valence-electron chi connectivity index (χ0n) is 10.8. The van der Waals surface area contributed by atoms with E-state index in [9.17, 15) is 13.6 Å². The van der Waals surface area contributed by atoms with Crippen molar-refractivity contribution in [3.8, 4) is 11.8 Å². The van der Waals surface area contributed by atoms with E-state index in [0.717, 1.165) is 12.1 Å². The van der Waals surface area contributed by atoms with E-state index in [1.165, 1.54) is 6.07 Å². The Bertz CT molecular complexity index is 694. The number of amides is 1. The van der Waals surface area contributed by atoms with Crippen molar-refractivity contribution in [2.24, 2.45) is 0 Å². The van der Waals surface area contributed by atoms with Gasteiger partial charge in [0.2, 0.25) is 0 Å². The number of carbonyl (C=O) groups is 1. The van der Waals surface area contributed by atoms with Crippen molar-refractivity contribution < 1.29 is 18.3 Å². The fourth-order valence-corrected chi connectivity index (χ4v) is 1.59. The van der Waals surface area contributed by atoms with Gasteiger partial charge in [-0.15, -0.1) is 0 Å². The molecule has 0 unspecified atom stereocenters. The first-order valence-corrected chi connectivity index (χ1v) is 5.96. The zero-order valence-corrected chi connectivity index (χ0v) is 10.8. The number of benzene rings is 2. The molecule has 1 amide bonds. The number of ether oxygens (including phenoxy) is 1. The van der Waals surface area contributed by atoms with Crippen LogP contribution >= 0.6 is 0 Å². The second-order valence-corrected chi connectivity index (χ2v) is 4.05. The average Bonchev–Trinajstić information content (AvgIpc) is 2.49. The van der Waals surface area contributed by atoms with Gasteiger partial charge in [0, 0.05) is 11.3 Å². The van der Waals surface area contributed by atoms with E-state index in [1.807, 2.05) is 6.07 Å². The molecule has 0 radical (unpaired) electrons. The first-order valence-electron chi connectivity index (χ1n) is 5.96. The summed E-state index contributed by atoms with van der Waals surface area (Å²) in [4.78, 5) is 11.9. The molecule has 0 aliphatic heterocycles. The van der Waals surface area contributed by atoms with E-state index < -0.39 is 17.5 Å². The Balaban J connectivity index is 2.05. The second kappa shape index (κ2) is 6.48. The molecule has 2 aromatic rings. The van der Waals surface area contributed by atoms with E-state index in [0.29, 0.717) is 11.4 Å². The minimum Gasteiger partial charge on any atom is -0.479 e. The van der Waals surface area contributed by atoms with Gasteiger partial charge in [0.15, 0.2) is 18.2 Å². The van der Waals surface area contributed by atoms with Crippen molar-refractivity contribution in [2.75, 3.05) is 11.9 Å². The van der Waals surface area contributed by atoms with Crippen LogP contribution in [-0.4, -0.2) is 12.5 Å². The predicted molar refractivity (Wildman–Crippen MR) is 71.9 cm³/mol. The lowest BCUT2D eigenvalue weighted by Gasteiger charge is -2.07. The molecule has 4 nitrogen and oxygen atoms in total. The number of carbonyl (C=O) groups excluding carboxylic acids is 1. The Hall–Kier alpha value is -2.94. The monoisotopic (exact) mass is 288 g/mol. The molecule has 106 valence electrons. The molecule has 0 heterocycles. The maximum absolute atomic E-state index is 13.1. The summed E-state index contributed by atoms with van der Waals surface area (Å²) in [7, 11) is 0. The molecule has 0 atom stereocenters. The molecule has 6 heteroatoms. The van der Waals surface area contributed by atoms with Gasteiger partial charge in [-0.25, -0.2) is 8.78 Å². The summed E-state index contributed by atoms with van der Waals surface area (Å²) < 4.78 is 30.9. The number of hydrogen-bond donors (Lipinski definition) is 1. The summed E-state index contributed by atoms with van der Waals surface area (Å²) >= 11 is 0. The third-order valence-corrected chi connectivity index (χ3v) is 2.60. The molecule has 1 N–H and O–H groups in total. The Morgan fingerprint density at radius 2 is 1.86 bits per heavy atom. The van der Waals surface area contributed by atoms with E-state index >= 15 is 0 Å². The Morgan fingerprint density at radius 1 is 1.14 bits per heavy atom. The van der Waals surface area contributed by atoms with Gasteiger partial charge in [-0.1, -0.05) is 0 Å². The lowest BCUT2D eigenvalue weighted by atomic mass is 10.2. The third-order valence-electron chi connectivity index (χ3n) is 2.60. The van der Waals surface area contributed by atoms with Crippen LogP contribution in [0.4, 0.5) is 14.5 Å². The fourth-order valence-electron chi connectivity index (χ4n) is 1.59. The second-order valence-electron chi connectivity index (χ2n) is 4.05. The van der Waals surface area contributed by atoms with Gasteiger partial charge >= 0.3 is 0 Å². The van der Waals surface area contributed by atoms with E-state index in [2.05, 4.69) is 5.32 Å². The van der Waals surface area contributed by atoms with Crippen LogP contribution in [0.15, 0.2) is 42.5 Å². The molecular weight excluding hydrogens is 278 g/mol. The normalized spacial score (nSPS) is 9.76. The molecule has 0 saturated carbocycles. The standard InChI is InChI=1S/C15H10F2N2O2/c16-13-6-1-10(9-14(13)17)15(20)19-11-2-4-12(5-3-11)21-8-7-18/h1-6,9H,8H2,(H,19,20). The van der Waals surface area contributed by atoms with Gasteiger partial charge in [-0.05, 0) is 42.5 Å². The number of nitriles is 1. The lowest BCUT2D eigenvalue weighted by Crippen LogP contribution is -2.12. The first kappa shape index (κ1) is 14.5. The quantitative estimate of drug-likeness (QED) is 0.940. The van der Waals surface area contributed by atoms with Gasteiger partial charge in [0.05, 0.1) is 0 Å². The largest absolute Gasteiger partial charge is 0.479 e. The summed E-state index contributed by atoms with van der Waals surface area (Å²) in [5.41, 5.74) is 0.479. The highest BCUT2D eigenvalue weighted by molar-refractivity contribution is 6.04. The topological polar surface area (TPSA) is 62.1 Å². The predicted octanol–water partition coefficient (Wildman–Crippen LogP) is 3.12. The number of rotatable bonds is 4. The highest BCUT2D eigenvalue weighted by Crippen LogP contribution is 2.17. The highest BCUT2D eigenvalue weighted by Gasteiger charge is 2.10. The zero-order chi connectivity index (χ0) is 15.2. The van der Waals surface area contributed by atoms with Crippen LogP contribution in [0, 0.1) is 23.0 Å². The SMILES string of the molecule is N#CCOc1ccc(NC(=O)c2ccc(F)c(F)c2)cc1. The molecule has 0 aromatic heterocycles. The van der Waals surface area contributed by atoms with Gasteiger partial charge in [-0.3, -0.25) is 4.79 Å². The molecule has 0 aliphatic rings. The minimum atomic E-state index is -1.08. The van der Waals surface area contributed by atoms with Crippen molar-refractivity contribution in [2.45, 2.75) is 0 Å². The van der Waals surface area contributed by atoms with Crippen LogP contribution in [-0.2, 0) is 0 Å². The molecule has 0 saturated heterocycles. The van der Waals surface area contributed by atoms with Gasteiger partial charge in [0.25, 0.3) is 5.91 Å². The Morgan fingerprint density at radius 3 is 2.48 bits per heavy atom. The smallest absolute Gasteiger partial charge is 0.255 e. The number of hydrogen-bond acceptors (Lipinski definition) is 3. The highest BCUT2D eigenvalue weighted by atomic mass is 19.2. The summed E-state index contributed by atoms with van der Waals surface area (Å²) in [6.07, 6.45) is 0. The maximum atomic E-state index is 13.1. The summed E-state index contributed by atoms with van der Waals surface area (Å²) in [5, 5.41) is 10.9. The molecule has 2 aromatic carbocycles. The van der Waals surface area contributed by atoms with E-state index in [-0.39, 0.29) is 12.2 Å². The van der Waals surface area contributed by atoms with E-state index in [1.54, 1.807) is 24.3 Å². The molecule has 2 rings (SSSR count). The van der Waals surface area contributed by atoms with Crippen molar-refractivity contribution >= 4 is 11.6 Å². The fraction of sp³-hybridized carbons (Fsp3) is 0.0667. The van der Waals surface area contributed by atoms with Crippen LogP contribution in [0.1, 0.15) is 10.4 Å². The molecular formula is C15H10F2N2O2. The van der Waals surface area contributed by atoms with Crippen molar-refractivity contribution in [3.63, 3.8) is 0 Å². The Kier molecular flexibility index (Phi) is 4.46. The molecule has 0 aliphatic carbocycles. The first-order chi connectivity index (χ1) is 10.1. The Labute approximate surface area is 119 Å². The lowest BCUT2D eigenvalue weighted by molar-refractivity contribution is 0.102. The van der Waals surface area contributed by atoms with Gasteiger partial charge in [0.1, 0.15) is 11.8 Å². The van der Waals surface area contributed by atoms with Crippen LogP contribution < -0.4 is 10.1 Å². The van der Waals surface area contributed by atoms with Crippen molar-refractivity contribution in [3.05, 3.63) is 59.7 Å². The summed E-state index contributed by atoms with van der Waals surface area (Å²) in [5.74, 6) is -2.16. The van der Waals surface area contributed by atoms with E-state index in [4.69, 9.17) is 10.00 Å². The van der Waals surface area contributed by atoms with Crippen molar-refractivity contribution in [1.29, 1.82) is 5.26 Å². The van der Waals surface area contributed by atoms with Crippen LogP contribution in [0.2, 0.25) is 0 Å². The number of nitrogens with one attached hydrogen (secondary N) is 1. The van der Waals surface area contributed by atoms with Crippen LogP contribution in [0.3, 0.4) is 0 Å². The molecule has 21 heavy (non-hydrogen) atoms. The molecule has 0 spiro atoms. The average molecular weight is 288 g/mol. The number of nitrogens with zero attached hydrogens (tertiary/aromatic N) is 1. The third kappa shape index (κ3) is 3.76. The van der Waals surface area contributed by atoms with Gasteiger partial charge in [-0.2, -0.15) is 5.26 Å². The number of halogens is 2. The maximum Gasteiger partial charge on any atom is 0.255 e. The molecule has 0 fully saturated rings. The minimum absolute atomic E-state index is 0.0127. The van der Waals surface area contributed by atoms with Crippen LogP contribution in [0.5, 0.6) is 5.75 Å². The molecule has 0 bridgehead atoms. The van der Waals surface area contributed by atoms with Crippen molar-refractivity contribution in [1.82, 2.24) is 0 Å². The van der Waals surface area contributed by atoms with Gasteiger partial charge < -0.3 is 10.1 Å². The number of anilines is 1. The summed E-state index contributed by atoms with van der Waals surface area (Å²) in [6.45, 7) is -0.0689. The van der Waals surface area contributed by atoms with Crippen LogP contribution in [0.25, 0.3) is 0 Å². The summed E-state index contributed by atoms with van der Waals surface area (Å²) in [6, 6.07) is 11.1.